The van der Waals surface area contributed by atoms with Crippen LogP contribution in [0.4, 0.5) is 0 Å². The molecule has 2 N–H and O–H groups in total. The van der Waals surface area contributed by atoms with Gasteiger partial charge in [0, 0.05) is 12.8 Å². The van der Waals surface area contributed by atoms with Crippen LogP contribution in [0.25, 0.3) is 0 Å². The Balaban J connectivity index is 2.64. The monoisotopic (exact) mass is 180 g/mol. The van der Waals surface area contributed by atoms with E-state index in [9.17, 15) is 4.79 Å². The van der Waals surface area contributed by atoms with Crippen LogP contribution >= 0.6 is 0 Å². The lowest BCUT2D eigenvalue weighted by atomic mass is 10.2. The lowest BCUT2D eigenvalue weighted by molar-refractivity contribution is 0.0995. The maximum absolute atomic E-state index is 10.7. The molecule has 1 aromatic heterocycles. The van der Waals surface area contributed by atoms with Crippen LogP contribution in [0.15, 0.2) is 18.3 Å². The highest BCUT2D eigenvalue weighted by molar-refractivity contribution is 5.90. The molecule has 0 spiro atoms. The predicted molar refractivity (Wildman–Crippen MR) is 48.1 cm³/mol. The van der Waals surface area contributed by atoms with Crippen molar-refractivity contribution >= 4 is 5.91 Å². The zero-order chi connectivity index (χ0) is 9.68. The molecule has 0 unspecified atom stereocenters. The number of nitrogens with zero attached hydrogens (tertiary/aromatic N) is 1. The Morgan fingerprint density at radius 1 is 1.62 bits per heavy atom. The number of rotatable bonds is 4. The Labute approximate surface area is 76.7 Å². The van der Waals surface area contributed by atoms with Crippen molar-refractivity contribution < 1.29 is 9.53 Å². The smallest absolute Gasteiger partial charge is 0.267 e. The number of carbonyl (C=O) groups excluding carboxylic acids is 1. The van der Waals surface area contributed by atoms with E-state index < -0.39 is 5.91 Å². The third-order valence-corrected chi connectivity index (χ3v) is 1.55. The molecule has 1 aromatic rings. The number of pyridine rings is 1. The predicted octanol–water partition coefficient (Wildman–Crippen LogP) is 0.717. The van der Waals surface area contributed by atoms with E-state index in [4.69, 9.17) is 10.5 Å². The van der Waals surface area contributed by atoms with Gasteiger partial charge >= 0.3 is 0 Å². The quantitative estimate of drug-likeness (QED) is 0.742. The molecule has 0 saturated carbocycles. The summed E-state index contributed by atoms with van der Waals surface area (Å²) in [5.74, 6) is -0.511. The molecule has 0 bridgehead atoms. The molecule has 0 aliphatic carbocycles. The highest BCUT2D eigenvalue weighted by atomic mass is 16.5. The van der Waals surface area contributed by atoms with Crippen LogP contribution in [-0.2, 0) is 11.3 Å². The van der Waals surface area contributed by atoms with E-state index >= 15 is 0 Å². The van der Waals surface area contributed by atoms with Crippen molar-refractivity contribution in [3.05, 3.63) is 29.6 Å². The van der Waals surface area contributed by atoms with Crippen molar-refractivity contribution in [1.82, 2.24) is 4.98 Å². The molecular formula is C9H12N2O2. The van der Waals surface area contributed by atoms with Crippen LogP contribution in [0.5, 0.6) is 0 Å². The first-order valence-electron chi connectivity index (χ1n) is 4.06. The molecule has 0 aromatic carbocycles. The van der Waals surface area contributed by atoms with Gasteiger partial charge in [0.05, 0.1) is 6.61 Å². The van der Waals surface area contributed by atoms with E-state index in [1.807, 2.05) is 6.92 Å². The first-order valence-corrected chi connectivity index (χ1v) is 4.06. The second kappa shape index (κ2) is 4.57. The number of hydrogen-bond donors (Lipinski definition) is 1. The number of nitrogens with two attached hydrogens (primary N) is 1. The van der Waals surface area contributed by atoms with E-state index in [1.165, 1.54) is 0 Å². The molecule has 13 heavy (non-hydrogen) atoms. The molecular weight excluding hydrogens is 168 g/mol. The second-order valence-electron chi connectivity index (χ2n) is 2.55. The summed E-state index contributed by atoms with van der Waals surface area (Å²) in [6, 6.07) is 3.37. The topological polar surface area (TPSA) is 65.2 Å². The summed E-state index contributed by atoms with van der Waals surface area (Å²) >= 11 is 0. The van der Waals surface area contributed by atoms with Gasteiger partial charge < -0.3 is 10.5 Å². The number of primary amides is 1. The normalized spacial score (nSPS) is 9.92. The average molecular weight is 180 g/mol. The van der Waals surface area contributed by atoms with Gasteiger partial charge in [0.2, 0.25) is 0 Å². The summed E-state index contributed by atoms with van der Waals surface area (Å²) in [6.45, 7) is 3.10. The Hall–Kier alpha value is -1.42. The van der Waals surface area contributed by atoms with E-state index in [2.05, 4.69) is 4.98 Å². The maximum atomic E-state index is 10.7. The van der Waals surface area contributed by atoms with Gasteiger partial charge in [-0.1, -0.05) is 6.07 Å². The third-order valence-electron chi connectivity index (χ3n) is 1.55. The fraction of sp³-hybridized carbons (Fsp3) is 0.333. The molecule has 0 aliphatic heterocycles. The molecule has 0 radical (unpaired) electrons. The fourth-order valence-electron chi connectivity index (χ4n) is 0.876. The number of hydrogen-bond acceptors (Lipinski definition) is 3. The SMILES string of the molecule is CCOCc1ccc(C(N)=O)nc1. The first-order chi connectivity index (χ1) is 6.24. The molecule has 1 rings (SSSR count). The Kier molecular flexibility index (Phi) is 3.40. The number of carbonyl (C=O) groups is 1. The Morgan fingerprint density at radius 3 is 2.85 bits per heavy atom. The van der Waals surface area contributed by atoms with E-state index in [0.717, 1.165) is 5.56 Å². The molecule has 0 fully saturated rings. The summed E-state index contributed by atoms with van der Waals surface area (Å²) in [4.78, 5) is 14.5. The molecule has 4 heteroatoms. The van der Waals surface area contributed by atoms with Crippen LogP contribution in [0.1, 0.15) is 23.0 Å². The van der Waals surface area contributed by atoms with Crippen molar-refractivity contribution in [2.45, 2.75) is 13.5 Å². The lowest BCUT2D eigenvalue weighted by Crippen LogP contribution is -2.12. The van der Waals surface area contributed by atoms with Gasteiger partial charge in [0.15, 0.2) is 0 Å². The van der Waals surface area contributed by atoms with Gasteiger partial charge in [0.1, 0.15) is 5.69 Å². The van der Waals surface area contributed by atoms with Gasteiger partial charge in [-0.25, -0.2) is 0 Å². The molecule has 0 aliphatic rings. The highest BCUT2D eigenvalue weighted by Crippen LogP contribution is 2.01. The summed E-state index contributed by atoms with van der Waals surface area (Å²) in [6.07, 6.45) is 1.59. The molecule has 70 valence electrons. The lowest BCUT2D eigenvalue weighted by Gasteiger charge is -2.00. The van der Waals surface area contributed by atoms with Gasteiger partial charge in [-0.05, 0) is 18.6 Å². The minimum atomic E-state index is -0.511. The Bertz CT molecular complexity index is 282. The van der Waals surface area contributed by atoms with Crippen molar-refractivity contribution in [1.29, 1.82) is 0 Å². The summed E-state index contributed by atoms with van der Waals surface area (Å²) in [7, 11) is 0. The number of aromatic nitrogens is 1. The van der Waals surface area contributed by atoms with Crippen molar-refractivity contribution in [3.8, 4) is 0 Å². The van der Waals surface area contributed by atoms with Crippen molar-refractivity contribution in [2.24, 2.45) is 5.73 Å². The highest BCUT2D eigenvalue weighted by Gasteiger charge is 2.00. The largest absolute Gasteiger partial charge is 0.377 e. The molecule has 0 atom stereocenters. The van der Waals surface area contributed by atoms with Crippen molar-refractivity contribution in [3.63, 3.8) is 0 Å². The van der Waals surface area contributed by atoms with Gasteiger partial charge in [0.25, 0.3) is 5.91 Å². The van der Waals surface area contributed by atoms with E-state index in [0.29, 0.717) is 13.2 Å². The van der Waals surface area contributed by atoms with E-state index in [1.54, 1.807) is 18.3 Å². The minimum Gasteiger partial charge on any atom is -0.377 e. The fourth-order valence-corrected chi connectivity index (χ4v) is 0.876. The maximum Gasteiger partial charge on any atom is 0.267 e. The minimum absolute atomic E-state index is 0.278. The Morgan fingerprint density at radius 2 is 2.38 bits per heavy atom. The third kappa shape index (κ3) is 2.83. The van der Waals surface area contributed by atoms with Crippen molar-refractivity contribution in [2.75, 3.05) is 6.61 Å². The molecule has 1 heterocycles. The second-order valence-corrected chi connectivity index (χ2v) is 2.55. The van der Waals surface area contributed by atoms with Gasteiger partial charge in [-0.15, -0.1) is 0 Å². The van der Waals surface area contributed by atoms with Gasteiger partial charge in [-0.2, -0.15) is 0 Å². The molecule has 1 amide bonds. The van der Waals surface area contributed by atoms with Crippen LogP contribution < -0.4 is 5.73 Å². The number of amides is 1. The van der Waals surface area contributed by atoms with Crippen LogP contribution in [-0.4, -0.2) is 17.5 Å². The molecule has 4 nitrogen and oxygen atoms in total. The van der Waals surface area contributed by atoms with Crippen LogP contribution in [0.2, 0.25) is 0 Å². The summed E-state index contributed by atoms with van der Waals surface area (Å²) in [5.41, 5.74) is 6.25. The number of ether oxygens (including phenoxy) is 1. The summed E-state index contributed by atoms with van der Waals surface area (Å²) in [5, 5.41) is 0. The van der Waals surface area contributed by atoms with Gasteiger partial charge in [-0.3, -0.25) is 9.78 Å². The van der Waals surface area contributed by atoms with Crippen LogP contribution in [0.3, 0.4) is 0 Å². The molecule has 0 saturated heterocycles. The van der Waals surface area contributed by atoms with Crippen LogP contribution in [0, 0.1) is 0 Å². The zero-order valence-corrected chi connectivity index (χ0v) is 7.49. The zero-order valence-electron chi connectivity index (χ0n) is 7.49. The standard InChI is InChI=1S/C9H12N2O2/c1-2-13-6-7-3-4-8(9(10)12)11-5-7/h3-5H,2,6H2,1H3,(H2,10,12). The average Bonchev–Trinajstić information content (AvgIpc) is 2.15. The first kappa shape index (κ1) is 9.67. The van der Waals surface area contributed by atoms with E-state index in [-0.39, 0.29) is 5.69 Å². The summed E-state index contributed by atoms with van der Waals surface area (Å²) < 4.78 is 5.16.